The molecule has 1 unspecified atom stereocenters. The standard InChI is InChI=1S/C31H35BFN5O5S/c1-30(2)31(3,4)43-32(42-30)24-10-7-19(14-25(24)33)11-13-37(44(40)41)17-22-18-38-26(15-23(22)20-8-9-20)27(29(34)39)28(36-38)21-6-5-12-35-16-21/h5-7,10,12,14-16,18,20H,8-9,11,13,17H2,1-4H3,(H2,34,39)(H,40,41). The molecule has 4 aromatic rings. The molecule has 1 saturated carbocycles. The molecule has 1 aliphatic carbocycles. The lowest BCUT2D eigenvalue weighted by atomic mass is 9.78. The molecule has 44 heavy (non-hydrogen) atoms. The quantitative estimate of drug-likeness (QED) is 0.203. The Morgan fingerprint density at radius 1 is 1.20 bits per heavy atom. The highest BCUT2D eigenvalue weighted by atomic mass is 32.2. The number of carbonyl (C=O) groups excluding carboxylic acids is 1. The van der Waals surface area contributed by atoms with Gasteiger partial charge in [0.1, 0.15) is 11.5 Å². The Labute approximate surface area is 258 Å². The highest BCUT2D eigenvalue weighted by molar-refractivity contribution is 7.76. The molecule has 2 fully saturated rings. The van der Waals surface area contributed by atoms with Gasteiger partial charge in [0, 0.05) is 42.7 Å². The monoisotopic (exact) mass is 619 g/mol. The van der Waals surface area contributed by atoms with E-state index in [0.717, 1.165) is 24.0 Å². The molecule has 1 saturated heterocycles. The molecule has 3 N–H and O–H groups in total. The van der Waals surface area contributed by atoms with E-state index in [2.05, 4.69) is 10.1 Å². The van der Waals surface area contributed by atoms with Crippen molar-refractivity contribution in [2.24, 2.45) is 5.73 Å². The van der Waals surface area contributed by atoms with Gasteiger partial charge in [-0.15, -0.1) is 0 Å². The number of benzene rings is 1. The average molecular weight is 620 g/mol. The van der Waals surface area contributed by atoms with Crippen molar-refractivity contribution in [2.75, 3.05) is 6.54 Å². The number of primary amides is 1. The van der Waals surface area contributed by atoms with Crippen LogP contribution >= 0.6 is 0 Å². The number of carbonyl (C=O) groups is 1. The minimum Gasteiger partial charge on any atom is -0.399 e. The first kappa shape index (κ1) is 30.5. The van der Waals surface area contributed by atoms with Gasteiger partial charge < -0.3 is 15.0 Å². The molecule has 230 valence electrons. The zero-order valence-electron chi connectivity index (χ0n) is 25.1. The molecule has 0 bridgehead atoms. The predicted octanol–water partition coefficient (Wildman–Crippen LogP) is 3.99. The summed E-state index contributed by atoms with van der Waals surface area (Å²) in [6, 6.07) is 10.4. The molecular formula is C31H35BFN5O5S. The van der Waals surface area contributed by atoms with Gasteiger partial charge in [-0.3, -0.25) is 14.3 Å². The van der Waals surface area contributed by atoms with Gasteiger partial charge in [0.2, 0.25) is 11.3 Å². The maximum absolute atomic E-state index is 15.2. The molecule has 10 nitrogen and oxygen atoms in total. The Morgan fingerprint density at radius 3 is 2.52 bits per heavy atom. The SMILES string of the molecule is CC1(C)OB(c2ccc(CCN(Cc3cn4nc(-c5cccnc5)c(C(N)=O)c4cc3C3CC3)S(=O)O)cc2F)OC1(C)C. The van der Waals surface area contributed by atoms with Crippen molar-refractivity contribution in [3.63, 3.8) is 0 Å². The number of nitrogens with zero attached hydrogens (tertiary/aromatic N) is 4. The number of fused-ring (bicyclic) bond motifs is 1. The molecule has 6 rings (SSSR count). The Kier molecular flexibility index (Phi) is 7.95. The molecule has 0 radical (unpaired) electrons. The summed E-state index contributed by atoms with van der Waals surface area (Å²) in [4.78, 5) is 16.7. The number of halogens is 1. The Bertz CT molecular complexity index is 1750. The van der Waals surface area contributed by atoms with Gasteiger partial charge in [-0.2, -0.15) is 9.40 Å². The number of hydrogen-bond donors (Lipinski definition) is 2. The van der Waals surface area contributed by atoms with Crippen LogP contribution in [0.1, 0.15) is 73.5 Å². The van der Waals surface area contributed by atoms with Gasteiger partial charge in [0.15, 0.2) is 0 Å². The Balaban J connectivity index is 1.24. The molecule has 13 heteroatoms. The lowest BCUT2D eigenvalue weighted by Gasteiger charge is -2.32. The van der Waals surface area contributed by atoms with E-state index < -0.39 is 41.3 Å². The number of amides is 1. The second-order valence-corrected chi connectivity index (χ2v) is 13.5. The van der Waals surface area contributed by atoms with Crippen LogP contribution in [0.25, 0.3) is 16.8 Å². The first-order valence-corrected chi connectivity index (χ1v) is 15.7. The second-order valence-electron chi connectivity index (χ2n) is 12.5. The van der Waals surface area contributed by atoms with Crippen LogP contribution in [0.5, 0.6) is 0 Å². The summed E-state index contributed by atoms with van der Waals surface area (Å²) in [5.74, 6) is -0.770. The zero-order chi connectivity index (χ0) is 31.4. The third kappa shape index (κ3) is 5.82. The summed E-state index contributed by atoms with van der Waals surface area (Å²) in [5, 5.41) is 4.66. The van der Waals surface area contributed by atoms with Crippen LogP contribution in [-0.2, 0) is 33.5 Å². The van der Waals surface area contributed by atoms with Gasteiger partial charge in [0.25, 0.3) is 5.91 Å². The lowest BCUT2D eigenvalue weighted by Crippen LogP contribution is -2.41. The van der Waals surface area contributed by atoms with Crippen LogP contribution < -0.4 is 11.2 Å². The number of hydrogen-bond acceptors (Lipinski definition) is 6. The number of aromatic nitrogens is 3. The van der Waals surface area contributed by atoms with Crippen LogP contribution in [-0.4, -0.2) is 58.4 Å². The van der Waals surface area contributed by atoms with Crippen molar-refractivity contribution in [2.45, 2.75) is 70.6 Å². The van der Waals surface area contributed by atoms with Crippen molar-refractivity contribution in [3.05, 3.63) is 83.1 Å². The first-order valence-electron chi connectivity index (χ1n) is 14.6. The summed E-state index contributed by atoms with van der Waals surface area (Å²) in [6.45, 7) is 8.02. The van der Waals surface area contributed by atoms with Crippen LogP contribution in [0, 0.1) is 5.82 Å². The number of rotatable bonds is 10. The Hall–Kier alpha value is -3.49. The predicted molar refractivity (Wildman–Crippen MR) is 166 cm³/mol. The van der Waals surface area contributed by atoms with Crippen molar-refractivity contribution in [3.8, 4) is 11.3 Å². The van der Waals surface area contributed by atoms with Crippen LogP contribution in [0.15, 0.2) is 55.0 Å². The second kappa shape index (κ2) is 11.5. The van der Waals surface area contributed by atoms with E-state index in [0.29, 0.717) is 39.8 Å². The fourth-order valence-electron chi connectivity index (χ4n) is 5.54. The van der Waals surface area contributed by atoms with Crippen LogP contribution in [0.2, 0.25) is 0 Å². The zero-order valence-corrected chi connectivity index (χ0v) is 25.9. The average Bonchev–Trinajstić information content (AvgIpc) is 3.69. The van der Waals surface area contributed by atoms with Gasteiger partial charge in [-0.1, -0.05) is 12.1 Å². The largest absolute Gasteiger partial charge is 0.497 e. The van der Waals surface area contributed by atoms with Crippen LogP contribution in [0.4, 0.5) is 4.39 Å². The van der Waals surface area contributed by atoms with E-state index in [9.17, 15) is 13.6 Å². The van der Waals surface area contributed by atoms with Crippen molar-refractivity contribution < 1.29 is 27.3 Å². The smallest absolute Gasteiger partial charge is 0.399 e. The topological polar surface area (TPSA) is 132 Å². The summed E-state index contributed by atoms with van der Waals surface area (Å²) in [5.41, 5.74) is 9.41. The molecule has 1 aromatic carbocycles. The summed E-state index contributed by atoms with van der Waals surface area (Å²) >= 11 is -2.29. The van der Waals surface area contributed by atoms with E-state index in [1.165, 1.54) is 10.4 Å². The fourth-order valence-corrected chi connectivity index (χ4v) is 6.04. The lowest BCUT2D eigenvalue weighted by molar-refractivity contribution is 0.00578. The summed E-state index contributed by atoms with van der Waals surface area (Å²) in [7, 11) is -0.817. The minimum atomic E-state index is -2.29. The molecule has 1 aliphatic heterocycles. The van der Waals surface area contributed by atoms with E-state index in [-0.39, 0.29) is 19.0 Å². The van der Waals surface area contributed by atoms with Gasteiger partial charge in [-0.05, 0) is 93.8 Å². The maximum atomic E-state index is 15.2. The first-order chi connectivity index (χ1) is 20.8. The highest BCUT2D eigenvalue weighted by Gasteiger charge is 2.52. The summed E-state index contributed by atoms with van der Waals surface area (Å²) in [6.07, 6.45) is 7.36. The summed E-state index contributed by atoms with van der Waals surface area (Å²) < 4.78 is 52.9. The van der Waals surface area contributed by atoms with Gasteiger partial charge >= 0.3 is 7.12 Å². The number of pyridine rings is 2. The van der Waals surface area contributed by atoms with E-state index >= 15 is 4.39 Å². The molecule has 2 aliphatic rings. The third-order valence-corrected chi connectivity index (χ3v) is 9.63. The molecule has 4 heterocycles. The van der Waals surface area contributed by atoms with E-state index in [1.54, 1.807) is 41.3 Å². The van der Waals surface area contributed by atoms with E-state index in [1.807, 2.05) is 39.8 Å². The number of nitrogens with two attached hydrogens (primary N) is 1. The molecule has 0 spiro atoms. The van der Waals surface area contributed by atoms with E-state index in [4.69, 9.17) is 15.0 Å². The molecular weight excluding hydrogens is 584 g/mol. The van der Waals surface area contributed by atoms with Crippen molar-refractivity contribution in [1.29, 1.82) is 0 Å². The van der Waals surface area contributed by atoms with Crippen LogP contribution in [0.3, 0.4) is 0 Å². The molecule has 1 atom stereocenters. The van der Waals surface area contributed by atoms with Crippen molar-refractivity contribution >= 4 is 35.3 Å². The van der Waals surface area contributed by atoms with Gasteiger partial charge in [0.05, 0.1) is 22.3 Å². The Morgan fingerprint density at radius 2 is 1.93 bits per heavy atom. The molecule has 3 aromatic heterocycles. The van der Waals surface area contributed by atoms with Gasteiger partial charge in [-0.25, -0.2) is 13.1 Å². The third-order valence-electron chi connectivity index (χ3n) is 8.88. The normalized spacial score (nSPS) is 18.3. The highest BCUT2D eigenvalue weighted by Crippen LogP contribution is 2.43. The minimum absolute atomic E-state index is 0.160. The maximum Gasteiger partial charge on any atom is 0.497 e. The van der Waals surface area contributed by atoms with Crippen molar-refractivity contribution in [1.82, 2.24) is 18.9 Å². The molecule has 1 amide bonds. The fraction of sp³-hybridized carbons (Fsp3) is 0.387.